The number of hydrogen-bond donors (Lipinski definition) is 0. The van der Waals surface area contributed by atoms with E-state index in [1.807, 2.05) is 42.5 Å². The number of methoxy groups -OCH3 is 4. The lowest BCUT2D eigenvalue weighted by atomic mass is 9.95. The van der Waals surface area contributed by atoms with Gasteiger partial charge in [-0.25, -0.2) is 4.79 Å². The zero-order valence-corrected chi connectivity index (χ0v) is 29.6. The Morgan fingerprint density at radius 1 is 0.702 bits per heavy atom. The highest BCUT2D eigenvalue weighted by atomic mass is 28.4. The minimum Gasteiger partial charge on any atom is -0.493 e. The van der Waals surface area contributed by atoms with Crippen LogP contribution in [-0.2, 0) is 26.9 Å². The van der Waals surface area contributed by atoms with Gasteiger partial charge >= 0.3 is 5.97 Å². The van der Waals surface area contributed by atoms with Gasteiger partial charge in [0.05, 0.1) is 34.2 Å². The molecule has 0 heterocycles. The van der Waals surface area contributed by atoms with Crippen LogP contribution in [0.1, 0.15) is 44.4 Å². The summed E-state index contributed by atoms with van der Waals surface area (Å²) in [6.45, 7) is 8.52. The average Bonchev–Trinajstić information content (AvgIpc) is 3.08. The van der Waals surface area contributed by atoms with E-state index < -0.39 is 14.3 Å². The van der Waals surface area contributed by atoms with Crippen LogP contribution < -0.4 is 29.3 Å². The maximum absolute atomic E-state index is 11.9. The summed E-state index contributed by atoms with van der Waals surface area (Å²) in [7, 11) is 3.60. The molecule has 0 unspecified atom stereocenters. The fourth-order valence-electron chi connectivity index (χ4n) is 5.95. The molecular formula is C38H45NO7Si. The highest BCUT2D eigenvalue weighted by Gasteiger charge is 2.50. The molecular weight excluding hydrogens is 611 g/mol. The molecule has 0 amide bonds. The number of rotatable bonds is 14. The largest absolute Gasteiger partial charge is 0.493 e. The molecule has 47 heavy (non-hydrogen) atoms. The molecule has 0 radical (unpaired) electrons. The quantitative estimate of drug-likeness (QED) is 0.0678. The Morgan fingerprint density at radius 2 is 1.23 bits per heavy atom. The molecule has 0 saturated carbocycles. The minimum absolute atomic E-state index is 0.175. The summed E-state index contributed by atoms with van der Waals surface area (Å²) in [5.74, 6) is 1.79. The lowest BCUT2D eigenvalue weighted by molar-refractivity contribution is -0.140. The topological polar surface area (TPSA) is 84.8 Å². The third-order valence-electron chi connectivity index (χ3n) is 8.13. The Kier molecular flexibility index (Phi) is 11.8. The molecule has 4 aromatic rings. The van der Waals surface area contributed by atoms with Gasteiger partial charge in [0.25, 0.3) is 8.32 Å². The van der Waals surface area contributed by atoms with Gasteiger partial charge in [-0.05, 0) is 57.2 Å². The van der Waals surface area contributed by atoms with E-state index in [2.05, 4.69) is 74.5 Å². The van der Waals surface area contributed by atoms with E-state index in [0.717, 1.165) is 16.7 Å². The zero-order valence-electron chi connectivity index (χ0n) is 28.6. The van der Waals surface area contributed by atoms with Crippen molar-refractivity contribution >= 4 is 30.4 Å². The highest BCUT2D eigenvalue weighted by molar-refractivity contribution is 6.99. The van der Waals surface area contributed by atoms with E-state index in [-0.39, 0.29) is 5.04 Å². The fraction of sp³-hybridized carbons (Fsp3) is 0.316. The van der Waals surface area contributed by atoms with E-state index in [9.17, 15) is 4.79 Å². The summed E-state index contributed by atoms with van der Waals surface area (Å²) >= 11 is 0. The second-order valence-corrected chi connectivity index (χ2v) is 16.4. The summed E-state index contributed by atoms with van der Waals surface area (Å²) in [6, 6.07) is 30.6. The molecule has 0 aliphatic rings. The number of carbonyl (C=O) groups excluding carboxylic acids is 1. The first-order chi connectivity index (χ1) is 22.6. The third-order valence-corrected chi connectivity index (χ3v) is 13.2. The molecule has 9 heteroatoms. The van der Waals surface area contributed by atoms with Crippen LogP contribution in [0.3, 0.4) is 0 Å². The van der Waals surface area contributed by atoms with Gasteiger partial charge in [0.2, 0.25) is 0 Å². The maximum atomic E-state index is 11.9. The predicted molar refractivity (Wildman–Crippen MR) is 188 cm³/mol. The summed E-state index contributed by atoms with van der Waals surface area (Å²) < 4.78 is 29.6. The summed E-state index contributed by atoms with van der Waals surface area (Å²) in [4.78, 5) is 17.2. The molecule has 0 spiro atoms. The van der Waals surface area contributed by atoms with Crippen molar-refractivity contribution in [2.75, 3.05) is 35.0 Å². The van der Waals surface area contributed by atoms with Gasteiger partial charge in [0.1, 0.15) is 0 Å². The Morgan fingerprint density at radius 3 is 1.74 bits per heavy atom. The molecule has 0 aliphatic carbocycles. The molecule has 8 nitrogen and oxygen atoms in total. The first-order valence-corrected chi connectivity index (χ1v) is 17.4. The molecule has 0 N–H and O–H groups in total. The molecule has 0 saturated heterocycles. The fourth-order valence-corrected chi connectivity index (χ4v) is 10.5. The van der Waals surface area contributed by atoms with Crippen LogP contribution in [0.2, 0.25) is 5.04 Å². The Bertz CT molecular complexity index is 1630. The van der Waals surface area contributed by atoms with Gasteiger partial charge in [-0.3, -0.25) is 0 Å². The van der Waals surface area contributed by atoms with Crippen molar-refractivity contribution in [3.05, 3.63) is 108 Å². The lowest BCUT2D eigenvalue weighted by Gasteiger charge is -2.43. The van der Waals surface area contributed by atoms with Gasteiger partial charge < -0.3 is 28.2 Å². The first kappa shape index (κ1) is 35.3. The standard InChI is InChI=1S/C38H45NO7Si/c1-27(40)46-39-33(23-28-19-20-34(41-5)35(24-28)42-6)32-26-37(44-8)36(43-7)25-29(32)21-22-45-47(38(2,3)4,30-15-11-9-12-16-30)31-17-13-10-14-18-31/h9-20,24-26H,21-23H2,1-8H3/b39-33-. The van der Waals surface area contributed by atoms with Crippen molar-refractivity contribution < 1.29 is 33.0 Å². The predicted octanol–water partition coefficient (Wildman–Crippen LogP) is 6.35. The minimum atomic E-state index is -2.78. The van der Waals surface area contributed by atoms with Crippen LogP contribution in [0.25, 0.3) is 0 Å². The molecule has 4 rings (SSSR count). The van der Waals surface area contributed by atoms with Crippen LogP contribution in [-0.4, -0.2) is 55.0 Å². The van der Waals surface area contributed by atoms with Crippen LogP contribution in [0.15, 0.2) is 96.2 Å². The van der Waals surface area contributed by atoms with Crippen LogP contribution in [0, 0.1) is 0 Å². The Balaban J connectivity index is 1.80. The monoisotopic (exact) mass is 655 g/mol. The van der Waals surface area contributed by atoms with Gasteiger partial charge in [-0.2, -0.15) is 0 Å². The third kappa shape index (κ3) is 8.04. The summed E-state index contributed by atoms with van der Waals surface area (Å²) in [5, 5.41) is 6.57. The van der Waals surface area contributed by atoms with Gasteiger partial charge in [0.15, 0.2) is 23.0 Å². The van der Waals surface area contributed by atoms with E-state index in [1.165, 1.54) is 17.3 Å². The second kappa shape index (κ2) is 15.8. The molecule has 0 fully saturated rings. The lowest BCUT2D eigenvalue weighted by Crippen LogP contribution is -2.66. The van der Waals surface area contributed by atoms with E-state index in [1.54, 1.807) is 28.4 Å². The van der Waals surface area contributed by atoms with E-state index >= 15 is 0 Å². The van der Waals surface area contributed by atoms with Crippen molar-refractivity contribution in [2.45, 2.75) is 45.6 Å². The zero-order chi connectivity index (χ0) is 34.0. The molecule has 0 atom stereocenters. The Hall–Kier alpha value is -4.60. The number of carbonyl (C=O) groups is 1. The number of oxime groups is 1. The van der Waals surface area contributed by atoms with Crippen molar-refractivity contribution in [1.82, 2.24) is 0 Å². The van der Waals surface area contributed by atoms with Gasteiger partial charge in [-0.15, -0.1) is 0 Å². The Labute approximate surface area is 279 Å². The molecule has 4 aromatic carbocycles. The summed E-state index contributed by atoms with van der Waals surface area (Å²) in [6.07, 6.45) is 0.872. The highest BCUT2D eigenvalue weighted by Crippen LogP contribution is 2.38. The summed E-state index contributed by atoms with van der Waals surface area (Å²) in [5.41, 5.74) is 3.09. The van der Waals surface area contributed by atoms with Crippen molar-refractivity contribution in [3.8, 4) is 23.0 Å². The van der Waals surface area contributed by atoms with Crippen LogP contribution >= 0.6 is 0 Å². The smallest absolute Gasteiger partial charge is 0.331 e. The second-order valence-electron chi connectivity index (χ2n) is 12.1. The molecule has 0 aromatic heterocycles. The van der Waals surface area contributed by atoms with Gasteiger partial charge in [-0.1, -0.05) is 92.7 Å². The van der Waals surface area contributed by atoms with E-state index in [0.29, 0.717) is 48.2 Å². The number of ether oxygens (including phenoxy) is 4. The van der Waals surface area contributed by atoms with Crippen molar-refractivity contribution in [2.24, 2.45) is 5.16 Å². The normalized spacial score (nSPS) is 12.0. The van der Waals surface area contributed by atoms with Crippen molar-refractivity contribution in [3.63, 3.8) is 0 Å². The molecule has 0 bridgehead atoms. The van der Waals surface area contributed by atoms with Gasteiger partial charge in [0, 0.05) is 25.5 Å². The maximum Gasteiger partial charge on any atom is 0.331 e. The van der Waals surface area contributed by atoms with Crippen LogP contribution in [0.4, 0.5) is 0 Å². The first-order valence-electron chi connectivity index (χ1n) is 15.5. The number of nitrogens with zero attached hydrogens (tertiary/aromatic N) is 1. The SMILES string of the molecule is COc1ccc(C/C(=N/OC(C)=O)c2cc(OC)c(OC)cc2CCO[Si](c2ccccc2)(c2ccccc2)C(C)(C)C)cc1OC. The molecule has 0 aliphatic heterocycles. The van der Waals surface area contributed by atoms with E-state index in [4.69, 9.17) is 28.2 Å². The van der Waals surface area contributed by atoms with Crippen molar-refractivity contribution in [1.29, 1.82) is 0 Å². The number of benzene rings is 4. The number of hydrogen-bond acceptors (Lipinski definition) is 8. The van der Waals surface area contributed by atoms with Crippen LogP contribution in [0.5, 0.6) is 23.0 Å². The average molecular weight is 656 g/mol. The molecule has 248 valence electrons.